The molecule has 0 spiro atoms. The monoisotopic (exact) mass is 253 g/mol. The van der Waals surface area contributed by atoms with E-state index >= 15 is 0 Å². The molecule has 0 bridgehead atoms. The number of ether oxygens (including phenoxy) is 2. The van der Waals surface area contributed by atoms with Crippen LogP contribution in [-0.2, 0) is 0 Å². The molecule has 1 rings (SSSR count). The van der Waals surface area contributed by atoms with Crippen molar-refractivity contribution in [1.29, 1.82) is 0 Å². The van der Waals surface area contributed by atoms with E-state index in [-0.39, 0.29) is 12.1 Å². The van der Waals surface area contributed by atoms with Gasteiger partial charge in [-0.1, -0.05) is 6.07 Å². The molecule has 0 saturated carbocycles. The standard InChI is InChI=1S/C14H23NO3/c1-9(15-4)13-7-6-12(17-5)8-14(13)18-11(3)10(2)16/h6-11,15-16H,1-5H3. The Labute approximate surface area is 109 Å². The van der Waals surface area contributed by atoms with Crippen molar-refractivity contribution in [2.75, 3.05) is 14.2 Å². The molecule has 0 amide bonds. The number of aliphatic hydroxyl groups is 1. The van der Waals surface area contributed by atoms with E-state index in [2.05, 4.69) is 12.2 Å². The Morgan fingerprint density at radius 1 is 1.22 bits per heavy atom. The predicted octanol–water partition coefficient (Wildman–Crippen LogP) is 2.12. The van der Waals surface area contributed by atoms with Gasteiger partial charge in [0.2, 0.25) is 0 Å². The highest BCUT2D eigenvalue weighted by molar-refractivity contribution is 5.42. The zero-order chi connectivity index (χ0) is 13.7. The molecule has 4 heteroatoms. The SMILES string of the molecule is CNC(C)c1ccc(OC)cc1OC(C)C(C)O. The van der Waals surface area contributed by atoms with Gasteiger partial charge in [-0.3, -0.25) is 0 Å². The van der Waals surface area contributed by atoms with E-state index in [9.17, 15) is 5.11 Å². The summed E-state index contributed by atoms with van der Waals surface area (Å²) in [6.45, 7) is 5.62. The first-order valence-corrected chi connectivity index (χ1v) is 6.19. The lowest BCUT2D eigenvalue weighted by Crippen LogP contribution is -2.26. The number of methoxy groups -OCH3 is 1. The third-order valence-electron chi connectivity index (χ3n) is 3.11. The molecule has 0 fully saturated rings. The van der Waals surface area contributed by atoms with Crippen LogP contribution in [0, 0.1) is 0 Å². The fourth-order valence-electron chi connectivity index (χ4n) is 1.56. The molecule has 3 atom stereocenters. The van der Waals surface area contributed by atoms with Crippen LogP contribution in [0.5, 0.6) is 11.5 Å². The van der Waals surface area contributed by atoms with Gasteiger partial charge in [0.05, 0.1) is 13.2 Å². The van der Waals surface area contributed by atoms with Crippen LogP contribution in [0.2, 0.25) is 0 Å². The Morgan fingerprint density at radius 3 is 2.39 bits per heavy atom. The van der Waals surface area contributed by atoms with E-state index in [0.29, 0.717) is 0 Å². The summed E-state index contributed by atoms with van der Waals surface area (Å²) in [5, 5.41) is 12.7. The van der Waals surface area contributed by atoms with Crippen LogP contribution in [0.15, 0.2) is 18.2 Å². The maximum absolute atomic E-state index is 9.52. The molecule has 0 heterocycles. The molecule has 18 heavy (non-hydrogen) atoms. The van der Waals surface area contributed by atoms with Gasteiger partial charge in [-0.2, -0.15) is 0 Å². The maximum atomic E-state index is 9.52. The predicted molar refractivity (Wildman–Crippen MR) is 72.2 cm³/mol. The topological polar surface area (TPSA) is 50.7 Å². The van der Waals surface area contributed by atoms with Crippen molar-refractivity contribution in [3.05, 3.63) is 23.8 Å². The lowest BCUT2D eigenvalue weighted by atomic mass is 10.1. The van der Waals surface area contributed by atoms with Gasteiger partial charge in [0.25, 0.3) is 0 Å². The number of rotatable bonds is 6. The third-order valence-corrected chi connectivity index (χ3v) is 3.11. The Morgan fingerprint density at radius 2 is 1.89 bits per heavy atom. The lowest BCUT2D eigenvalue weighted by Gasteiger charge is -2.22. The Kier molecular flexibility index (Phi) is 5.44. The van der Waals surface area contributed by atoms with Crippen LogP contribution in [0.1, 0.15) is 32.4 Å². The first-order chi connectivity index (χ1) is 8.49. The Balaban J connectivity index is 3.03. The van der Waals surface area contributed by atoms with Gasteiger partial charge in [0.15, 0.2) is 0 Å². The molecule has 0 aliphatic carbocycles. The molecule has 0 radical (unpaired) electrons. The summed E-state index contributed by atoms with van der Waals surface area (Å²) in [4.78, 5) is 0. The molecule has 1 aromatic carbocycles. The third kappa shape index (κ3) is 3.62. The number of hydrogen-bond acceptors (Lipinski definition) is 4. The fraction of sp³-hybridized carbons (Fsp3) is 0.571. The van der Waals surface area contributed by atoms with Crippen molar-refractivity contribution in [3.8, 4) is 11.5 Å². The van der Waals surface area contributed by atoms with Crippen LogP contribution in [-0.4, -0.2) is 31.5 Å². The molecule has 2 N–H and O–H groups in total. The zero-order valence-corrected chi connectivity index (χ0v) is 11.7. The quantitative estimate of drug-likeness (QED) is 0.815. The number of benzene rings is 1. The minimum absolute atomic E-state index is 0.173. The second-order valence-corrected chi connectivity index (χ2v) is 4.48. The smallest absolute Gasteiger partial charge is 0.128 e. The van der Waals surface area contributed by atoms with E-state index in [1.807, 2.05) is 32.2 Å². The molecule has 0 aromatic heterocycles. The molecule has 4 nitrogen and oxygen atoms in total. The van der Waals surface area contributed by atoms with E-state index in [1.54, 1.807) is 14.0 Å². The van der Waals surface area contributed by atoms with E-state index in [4.69, 9.17) is 9.47 Å². The highest BCUT2D eigenvalue weighted by Crippen LogP contribution is 2.30. The van der Waals surface area contributed by atoms with Crippen LogP contribution in [0.3, 0.4) is 0 Å². The van der Waals surface area contributed by atoms with Crippen LogP contribution in [0.25, 0.3) is 0 Å². The average molecular weight is 253 g/mol. The van der Waals surface area contributed by atoms with Gasteiger partial charge >= 0.3 is 0 Å². The van der Waals surface area contributed by atoms with Crippen molar-refractivity contribution >= 4 is 0 Å². The second kappa shape index (κ2) is 6.61. The maximum Gasteiger partial charge on any atom is 0.128 e. The molecular formula is C14H23NO3. The number of nitrogens with one attached hydrogen (secondary N) is 1. The van der Waals surface area contributed by atoms with Crippen LogP contribution >= 0.6 is 0 Å². The molecule has 3 unspecified atom stereocenters. The summed E-state index contributed by atoms with van der Waals surface area (Å²) in [5.74, 6) is 1.49. The summed E-state index contributed by atoms with van der Waals surface area (Å²) in [5.41, 5.74) is 1.05. The summed E-state index contributed by atoms with van der Waals surface area (Å²) in [7, 11) is 3.52. The highest BCUT2D eigenvalue weighted by Gasteiger charge is 2.16. The van der Waals surface area contributed by atoms with Gasteiger partial charge in [0, 0.05) is 17.7 Å². The summed E-state index contributed by atoms with van der Waals surface area (Å²) in [6, 6.07) is 5.90. The van der Waals surface area contributed by atoms with Crippen LogP contribution < -0.4 is 14.8 Å². The second-order valence-electron chi connectivity index (χ2n) is 4.48. The van der Waals surface area contributed by atoms with Gasteiger partial charge in [-0.15, -0.1) is 0 Å². The number of aliphatic hydroxyl groups excluding tert-OH is 1. The van der Waals surface area contributed by atoms with Gasteiger partial charge in [0.1, 0.15) is 17.6 Å². The molecular weight excluding hydrogens is 230 g/mol. The molecule has 0 saturated heterocycles. The molecule has 0 aliphatic heterocycles. The minimum Gasteiger partial charge on any atom is -0.497 e. The largest absolute Gasteiger partial charge is 0.497 e. The van der Waals surface area contributed by atoms with Crippen molar-refractivity contribution < 1.29 is 14.6 Å². The van der Waals surface area contributed by atoms with E-state index in [1.165, 1.54) is 0 Å². The zero-order valence-electron chi connectivity index (χ0n) is 11.7. The minimum atomic E-state index is -0.519. The first-order valence-electron chi connectivity index (χ1n) is 6.19. The van der Waals surface area contributed by atoms with Crippen LogP contribution in [0.4, 0.5) is 0 Å². The van der Waals surface area contributed by atoms with Gasteiger partial charge < -0.3 is 19.9 Å². The molecule has 0 aliphatic rings. The van der Waals surface area contributed by atoms with Crippen molar-refractivity contribution in [3.63, 3.8) is 0 Å². The normalized spacial score (nSPS) is 15.9. The molecule has 102 valence electrons. The molecule has 1 aromatic rings. The Bertz CT molecular complexity index is 379. The highest BCUT2D eigenvalue weighted by atomic mass is 16.5. The number of hydrogen-bond donors (Lipinski definition) is 2. The van der Waals surface area contributed by atoms with Crippen molar-refractivity contribution in [2.45, 2.75) is 39.0 Å². The summed E-state index contributed by atoms with van der Waals surface area (Å²) >= 11 is 0. The van der Waals surface area contributed by atoms with Gasteiger partial charge in [-0.25, -0.2) is 0 Å². The van der Waals surface area contributed by atoms with E-state index in [0.717, 1.165) is 17.1 Å². The lowest BCUT2D eigenvalue weighted by molar-refractivity contribution is 0.0594. The van der Waals surface area contributed by atoms with Crippen molar-refractivity contribution in [1.82, 2.24) is 5.32 Å². The average Bonchev–Trinajstić information content (AvgIpc) is 2.37. The van der Waals surface area contributed by atoms with Crippen molar-refractivity contribution in [2.24, 2.45) is 0 Å². The summed E-state index contributed by atoms with van der Waals surface area (Å²) in [6.07, 6.45) is -0.783. The first kappa shape index (κ1) is 14.8. The fourth-order valence-corrected chi connectivity index (χ4v) is 1.56. The van der Waals surface area contributed by atoms with E-state index < -0.39 is 6.10 Å². The van der Waals surface area contributed by atoms with Gasteiger partial charge in [-0.05, 0) is 33.9 Å². The summed E-state index contributed by atoms with van der Waals surface area (Å²) < 4.78 is 11.0. The Hall–Kier alpha value is -1.26.